The number of ether oxygens (including phenoxy) is 1. The van der Waals surface area contributed by atoms with Crippen LogP contribution in [0.5, 0.6) is 0 Å². The molecule has 1 rings (SSSR count). The summed E-state index contributed by atoms with van der Waals surface area (Å²) in [5.74, 6) is -1.31. The molecule has 0 amide bonds. The molecule has 0 aliphatic rings. The lowest BCUT2D eigenvalue weighted by Gasteiger charge is -2.07. The third kappa shape index (κ3) is 1.70. The Morgan fingerprint density at radius 3 is 2.71 bits per heavy atom. The van der Waals surface area contributed by atoms with Gasteiger partial charge in [0.25, 0.3) is 0 Å². The van der Waals surface area contributed by atoms with Gasteiger partial charge < -0.3 is 10.5 Å². The summed E-state index contributed by atoms with van der Waals surface area (Å²) in [4.78, 5) is 14.9. The zero-order chi connectivity index (χ0) is 10.9. The number of methoxy groups -OCH3 is 1. The third-order valence-electron chi connectivity index (χ3n) is 1.77. The first-order valence-corrected chi connectivity index (χ1v) is 4.47. The second kappa shape index (κ2) is 3.91. The molecule has 4 nitrogen and oxygen atoms in total. The van der Waals surface area contributed by atoms with Crippen molar-refractivity contribution in [3.05, 3.63) is 21.7 Å². The van der Waals surface area contributed by atoms with Crippen LogP contribution in [0.1, 0.15) is 16.1 Å². The number of carbonyl (C=O) groups is 1. The molecule has 0 radical (unpaired) electrons. The number of hydrogen-bond donors (Lipinski definition) is 1. The highest BCUT2D eigenvalue weighted by atomic mass is 79.9. The average Bonchev–Trinajstić information content (AvgIpc) is 2.19. The summed E-state index contributed by atoms with van der Waals surface area (Å²) in [6.07, 6.45) is 0. The van der Waals surface area contributed by atoms with Crippen molar-refractivity contribution in [1.82, 2.24) is 4.98 Å². The number of nitrogens with two attached hydrogens (primary N) is 1. The molecule has 0 spiro atoms. The summed E-state index contributed by atoms with van der Waals surface area (Å²) >= 11 is 2.85. The predicted molar refractivity (Wildman–Crippen MR) is 52.4 cm³/mol. The standard InChI is InChI=1S/C8H8BrFN2O2/c1-3-5(11)4(10)7(9)12-6(3)8(13)14-2/h1-2H3,(H2,11,12). The average molecular weight is 263 g/mol. The molecule has 0 unspecified atom stereocenters. The molecule has 0 aromatic carbocycles. The Hall–Kier alpha value is -1.17. The first kappa shape index (κ1) is 10.9. The van der Waals surface area contributed by atoms with E-state index < -0.39 is 11.8 Å². The monoisotopic (exact) mass is 262 g/mol. The minimum atomic E-state index is -0.671. The van der Waals surface area contributed by atoms with Crippen molar-refractivity contribution in [2.24, 2.45) is 0 Å². The Bertz CT molecular complexity index is 395. The van der Waals surface area contributed by atoms with Crippen LogP contribution in [0.4, 0.5) is 10.1 Å². The number of hydrogen-bond acceptors (Lipinski definition) is 4. The van der Waals surface area contributed by atoms with Crippen LogP contribution < -0.4 is 5.73 Å². The molecule has 2 N–H and O–H groups in total. The molecule has 0 saturated carbocycles. The number of aromatic nitrogens is 1. The molecule has 0 saturated heterocycles. The van der Waals surface area contributed by atoms with E-state index in [1.54, 1.807) is 0 Å². The Morgan fingerprint density at radius 1 is 1.64 bits per heavy atom. The van der Waals surface area contributed by atoms with Gasteiger partial charge >= 0.3 is 5.97 Å². The Labute approximate surface area is 88.4 Å². The predicted octanol–water partition coefficient (Wildman–Crippen LogP) is 1.66. The summed E-state index contributed by atoms with van der Waals surface area (Å²) in [5.41, 5.74) is 5.61. The summed E-state index contributed by atoms with van der Waals surface area (Å²) < 4.78 is 17.5. The van der Waals surface area contributed by atoms with Gasteiger partial charge in [-0.3, -0.25) is 0 Å². The van der Waals surface area contributed by atoms with Crippen LogP contribution in [0.2, 0.25) is 0 Å². The van der Waals surface area contributed by atoms with Crippen LogP contribution in [0.3, 0.4) is 0 Å². The molecule has 0 atom stereocenters. The smallest absolute Gasteiger partial charge is 0.357 e. The van der Waals surface area contributed by atoms with Crippen molar-refractivity contribution in [3.8, 4) is 0 Å². The topological polar surface area (TPSA) is 65.2 Å². The zero-order valence-corrected chi connectivity index (χ0v) is 9.18. The van der Waals surface area contributed by atoms with E-state index in [1.165, 1.54) is 14.0 Å². The lowest BCUT2D eigenvalue weighted by atomic mass is 10.2. The van der Waals surface area contributed by atoms with Crippen molar-refractivity contribution in [3.63, 3.8) is 0 Å². The Kier molecular flexibility index (Phi) is 3.05. The molecule has 0 aliphatic carbocycles. The number of anilines is 1. The van der Waals surface area contributed by atoms with Gasteiger partial charge in [0.05, 0.1) is 12.8 Å². The minimum absolute atomic E-state index is 0.0123. The molecule has 6 heteroatoms. The fourth-order valence-electron chi connectivity index (χ4n) is 0.930. The molecule has 1 aromatic heterocycles. The number of pyridine rings is 1. The maximum absolute atomic E-state index is 13.2. The van der Waals surface area contributed by atoms with Gasteiger partial charge in [-0.05, 0) is 22.9 Å². The maximum atomic E-state index is 13.2. The van der Waals surface area contributed by atoms with Crippen LogP contribution >= 0.6 is 15.9 Å². The van der Waals surface area contributed by atoms with E-state index in [0.717, 1.165) is 0 Å². The SMILES string of the molecule is COC(=O)c1nc(Br)c(F)c(N)c1C. The van der Waals surface area contributed by atoms with Crippen LogP contribution in [-0.2, 0) is 4.74 Å². The van der Waals surface area contributed by atoms with E-state index in [0.29, 0.717) is 0 Å². The molecular weight excluding hydrogens is 255 g/mol. The van der Waals surface area contributed by atoms with E-state index in [-0.39, 0.29) is 21.5 Å². The first-order chi connectivity index (χ1) is 6.49. The van der Waals surface area contributed by atoms with Crippen LogP contribution in [-0.4, -0.2) is 18.1 Å². The van der Waals surface area contributed by atoms with Crippen LogP contribution in [0, 0.1) is 12.7 Å². The highest BCUT2D eigenvalue weighted by Crippen LogP contribution is 2.24. The molecular formula is C8H8BrFN2O2. The van der Waals surface area contributed by atoms with E-state index in [9.17, 15) is 9.18 Å². The van der Waals surface area contributed by atoms with Gasteiger partial charge in [0, 0.05) is 5.56 Å². The van der Waals surface area contributed by atoms with E-state index >= 15 is 0 Å². The van der Waals surface area contributed by atoms with Gasteiger partial charge in [-0.1, -0.05) is 0 Å². The molecule has 1 aromatic rings. The van der Waals surface area contributed by atoms with Crippen molar-refractivity contribution in [2.45, 2.75) is 6.92 Å². The number of carbonyl (C=O) groups excluding carboxylic acids is 1. The molecule has 0 fully saturated rings. The quantitative estimate of drug-likeness (QED) is 0.618. The van der Waals surface area contributed by atoms with Crippen LogP contribution in [0.15, 0.2) is 4.60 Å². The third-order valence-corrected chi connectivity index (χ3v) is 2.29. The summed E-state index contributed by atoms with van der Waals surface area (Å²) in [5, 5.41) is 0. The largest absolute Gasteiger partial charge is 0.464 e. The summed E-state index contributed by atoms with van der Waals surface area (Å²) in [7, 11) is 1.22. The number of halogens is 2. The van der Waals surface area contributed by atoms with Crippen LogP contribution in [0.25, 0.3) is 0 Å². The van der Waals surface area contributed by atoms with E-state index in [4.69, 9.17) is 5.73 Å². The number of nitrogen functional groups attached to an aromatic ring is 1. The fourth-order valence-corrected chi connectivity index (χ4v) is 1.32. The number of rotatable bonds is 1. The zero-order valence-electron chi connectivity index (χ0n) is 7.60. The second-order valence-corrected chi connectivity index (χ2v) is 3.35. The van der Waals surface area contributed by atoms with Gasteiger partial charge in [0.1, 0.15) is 4.60 Å². The van der Waals surface area contributed by atoms with Gasteiger partial charge in [-0.2, -0.15) is 0 Å². The van der Waals surface area contributed by atoms with Crippen molar-refractivity contribution in [1.29, 1.82) is 0 Å². The van der Waals surface area contributed by atoms with E-state index in [2.05, 4.69) is 25.7 Å². The molecule has 0 aliphatic heterocycles. The Balaban J connectivity index is 3.40. The lowest BCUT2D eigenvalue weighted by molar-refractivity contribution is 0.0593. The summed E-state index contributed by atoms with van der Waals surface area (Å²) in [6, 6.07) is 0. The first-order valence-electron chi connectivity index (χ1n) is 3.68. The highest BCUT2D eigenvalue weighted by Gasteiger charge is 2.18. The molecule has 0 bridgehead atoms. The molecule has 76 valence electrons. The normalized spacial score (nSPS) is 10.0. The lowest BCUT2D eigenvalue weighted by Crippen LogP contribution is -2.11. The highest BCUT2D eigenvalue weighted by molar-refractivity contribution is 9.10. The van der Waals surface area contributed by atoms with Crippen molar-refractivity contribution in [2.75, 3.05) is 12.8 Å². The maximum Gasteiger partial charge on any atom is 0.357 e. The molecule has 14 heavy (non-hydrogen) atoms. The van der Waals surface area contributed by atoms with E-state index in [1.807, 2.05) is 0 Å². The molecule has 1 heterocycles. The van der Waals surface area contributed by atoms with Gasteiger partial charge in [0.2, 0.25) is 0 Å². The number of nitrogens with zero attached hydrogens (tertiary/aromatic N) is 1. The van der Waals surface area contributed by atoms with Gasteiger partial charge in [-0.25, -0.2) is 14.2 Å². The number of esters is 1. The summed E-state index contributed by atoms with van der Waals surface area (Å²) in [6.45, 7) is 1.50. The fraction of sp³-hybridized carbons (Fsp3) is 0.250. The minimum Gasteiger partial charge on any atom is -0.464 e. The van der Waals surface area contributed by atoms with Gasteiger partial charge in [-0.15, -0.1) is 0 Å². The van der Waals surface area contributed by atoms with Crippen molar-refractivity contribution >= 4 is 27.6 Å². The van der Waals surface area contributed by atoms with Gasteiger partial charge in [0.15, 0.2) is 11.5 Å². The second-order valence-electron chi connectivity index (χ2n) is 2.60. The van der Waals surface area contributed by atoms with Crippen molar-refractivity contribution < 1.29 is 13.9 Å². The Morgan fingerprint density at radius 2 is 2.21 bits per heavy atom.